The van der Waals surface area contributed by atoms with Gasteiger partial charge in [0.15, 0.2) is 0 Å². The minimum atomic E-state index is -0.431. The van der Waals surface area contributed by atoms with Gasteiger partial charge in [0.1, 0.15) is 23.8 Å². The monoisotopic (exact) mass is 446 g/mol. The molecule has 8 heteroatoms. The predicted octanol–water partition coefficient (Wildman–Crippen LogP) is 4.78. The minimum absolute atomic E-state index is 0.124. The van der Waals surface area contributed by atoms with Crippen LogP contribution in [0.1, 0.15) is 21.6 Å². The van der Waals surface area contributed by atoms with Crippen molar-refractivity contribution in [3.8, 4) is 22.8 Å². The van der Waals surface area contributed by atoms with E-state index in [4.69, 9.17) is 16.3 Å². The fourth-order valence-corrected chi connectivity index (χ4v) is 3.11. The number of halogens is 1. The van der Waals surface area contributed by atoms with Crippen molar-refractivity contribution >= 4 is 23.7 Å². The number of carbonyl (C=O) groups is 1. The Morgan fingerprint density at radius 3 is 2.69 bits per heavy atom. The summed E-state index contributed by atoms with van der Waals surface area (Å²) in [5.41, 5.74) is 5.71. The number of phenols is 1. The summed E-state index contributed by atoms with van der Waals surface area (Å²) in [6, 6.07) is 23.1. The van der Waals surface area contributed by atoms with E-state index in [0.29, 0.717) is 28.6 Å². The van der Waals surface area contributed by atoms with Gasteiger partial charge in [-0.2, -0.15) is 10.2 Å². The summed E-state index contributed by atoms with van der Waals surface area (Å²) >= 11 is 6.15. The second-order valence-corrected chi connectivity index (χ2v) is 7.27. The Labute approximate surface area is 189 Å². The molecule has 0 atom stereocenters. The number of hydrazone groups is 1. The number of ether oxygens (including phenoxy) is 1. The van der Waals surface area contributed by atoms with Crippen LogP contribution in [0, 0.1) is 0 Å². The standard InChI is InChI=1S/C24H19ClN4O3/c25-21-7-2-1-5-18(21)15-32-20-10-8-17(9-11-20)22-13-23(28-27-22)24(31)29-26-14-16-4-3-6-19(30)12-16/h1-14,30H,15H2,(H,27,28)(H,29,31)/b26-14+. The van der Waals surface area contributed by atoms with E-state index in [2.05, 4.69) is 20.7 Å². The van der Waals surface area contributed by atoms with E-state index in [1.54, 1.807) is 24.3 Å². The lowest BCUT2D eigenvalue weighted by Gasteiger charge is -2.08. The molecule has 4 rings (SSSR count). The number of nitrogens with one attached hydrogen (secondary N) is 2. The Morgan fingerprint density at radius 1 is 1.09 bits per heavy atom. The highest BCUT2D eigenvalue weighted by Crippen LogP contribution is 2.23. The number of benzene rings is 3. The van der Waals surface area contributed by atoms with Crippen LogP contribution in [0.3, 0.4) is 0 Å². The molecule has 4 aromatic rings. The molecule has 3 aromatic carbocycles. The summed E-state index contributed by atoms with van der Waals surface area (Å²) in [5.74, 6) is 0.391. The van der Waals surface area contributed by atoms with Crippen molar-refractivity contribution in [1.82, 2.24) is 15.6 Å². The summed E-state index contributed by atoms with van der Waals surface area (Å²) in [7, 11) is 0. The van der Waals surface area contributed by atoms with Gasteiger partial charge in [-0.05, 0) is 54.1 Å². The Morgan fingerprint density at radius 2 is 1.91 bits per heavy atom. The van der Waals surface area contributed by atoms with Crippen LogP contribution in [0.25, 0.3) is 11.3 Å². The van der Waals surface area contributed by atoms with Gasteiger partial charge in [0, 0.05) is 16.1 Å². The van der Waals surface area contributed by atoms with Crippen molar-refractivity contribution in [2.75, 3.05) is 0 Å². The van der Waals surface area contributed by atoms with Crippen molar-refractivity contribution in [3.05, 3.63) is 101 Å². The van der Waals surface area contributed by atoms with Gasteiger partial charge in [-0.3, -0.25) is 9.89 Å². The maximum Gasteiger partial charge on any atom is 0.289 e. The quantitative estimate of drug-likeness (QED) is 0.281. The first-order valence-corrected chi connectivity index (χ1v) is 10.1. The molecular formula is C24H19ClN4O3. The van der Waals surface area contributed by atoms with Crippen molar-refractivity contribution in [2.45, 2.75) is 6.61 Å². The van der Waals surface area contributed by atoms with E-state index >= 15 is 0 Å². The molecule has 0 unspecified atom stereocenters. The number of carbonyl (C=O) groups excluding carboxylic acids is 1. The largest absolute Gasteiger partial charge is 0.508 e. The van der Waals surface area contributed by atoms with E-state index in [1.807, 2.05) is 48.5 Å². The fourth-order valence-electron chi connectivity index (χ4n) is 2.92. The Balaban J connectivity index is 1.35. The van der Waals surface area contributed by atoms with Crippen LogP contribution < -0.4 is 10.2 Å². The maximum atomic E-state index is 12.3. The van der Waals surface area contributed by atoms with Crippen LogP contribution in [0.4, 0.5) is 0 Å². The zero-order valence-corrected chi connectivity index (χ0v) is 17.6. The molecule has 1 heterocycles. The SMILES string of the molecule is O=C(N/N=C/c1cccc(O)c1)c1cc(-c2ccc(OCc3ccccc3Cl)cc2)n[nH]1. The molecule has 0 radical (unpaired) electrons. The summed E-state index contributed by atoms with van der Waals surface area (Å²) in [6.45, 7) is 0.370. The number of phenolic OH excluding ortho intramolecular Hbond substituents is 1. The summed E-state index contributed by atoms with van der Waals surface area (Å²) in [5, 5.41) is 20.9. The first kappa shape index (κ1) is 21.1. The molecule has 0 spiro atoms. The number of rotatable bonds is 7. The van der Waals surface area contributed by atoms with E-state index < -0.39 is 5.91 Å². The number of hydrogen-bond acceptors (Lipinski definition) is 5. The third-order valence-corrected chi connectivity index (χ3v) is 4.94. The van der Waals surface area contributed by atoms with Gasteiger partial charge in [0.2, 0.25) is 0 Å². The highest BCUT2D eigenvalue weighted by molar-refractivity contribution is 6.31. The van der Waals surface area contributed by atoms with Crippen LogP contribution in [0.15, 0.2) is 84.0 Å². The molecule has 1 amide bonds. The van der Waals surface area contributed by atoms with Gasteiger partial charge < -0.3 is 9.84 Å². The number of hydrogen-bond donors (Lipinski definition) is 3. The maximum absolute atomic E-state index is 12.3. The minimum Gasteiger partial charge on any atom is -0.508 e. The first-order valence-electron chi connectivity index (χ1n) is 9.73. The molecule has 0 fully saturated rings. The molecule has 1 aromatic heterocycles. The summed E-state index contributed by atoms with van der Waals surface area (Å²) in [6.07, 6.45) is 1.44. The van der Waals surface area contributed by atoms with Gasteiger partial charge in [0.25, 0.3) is 5.91 Å². The molecule has 0 aliphatic carbocycles. The van der Waals surface area contributed by atoms with Gasteiger partial charge >= 0.3 is 0 Å². The molecule has 7 nitrogen and oxygen atoms in total. The summed E-state index contributed by atoms with van der Waals surface area (Å²) in [4.78, 5) is 12.3. The van der Waals surface area contributed by atoms with Crippen LogP contribution in [-0.2, 0) is 6.61 Å². The number of aromatic hydroxyl groups is 1. The predicted molar refractivity (Wildman–Crippen MR) is 123 cm³/mol. The van der Waals surface area contributed by atoms with Gasteiger partial charge in [0.05, 0.1) is 11.9 Å². The van der Waals surface area contributed by atoms with Gasteiger partial charge in [-0.25, -0.2) is 5.43 Å². The lowest BCUT2D eigenvalue weighted by atomic mass is 10.1. The van der Waals surface area contributed by atoms with Crippen molar-refractivity contribution in [1.29, 1.82) is 0 Å². The Hall–Kier alpha value is -4.10. The lowest BCUT2D eigenvalue weighted by molar-refractivity contribution is 0.0950. The lowest BCUT2D eigenvalue weighted by Crippen LogP contribution is -2.17. The molecular weight excluding hydrogens is 428 g/mol. The van der Waals surface area contributed by atoms with Crippen LogP contribution in [-0.4, -0.2) is 27.4 Å². The zero-order chi connectivity index (χ0) is 22.3. The van der Waals surface area contributed by atoms with Crippen LogP contribution in [0.5, 0.6) is 11.5 Å². The average Bonchev–Trinajstić information content (AvgIpc) is 3.29. The molecule has 3 N–H and O–H groups in total. The number of nitrogens with zero attached hydrogens (tertiary/aromatic N) is 2. The van der Waals surface area contributed by atoms with Crippen LogP contribution in [0.2, 0.25) is 5.02 Å². The highest BCUT2D eigenvalue weighted by atomic mass is 35.5. The van der Waals surface area contributed by atoms with Gasteiger partial charge in [-0.1, -0.05) is 41.9 Å². The normalized spacial score (nSPS) is 10.9. The number of aromatic nitrogens is 2. The first-order chi connectivity index (χ1) is 15.6. The number of H-pyrrole nitrogens is 1. The third kappa shape index (κ3) is 5.33. The Bertz CT molecular complexity index is 1250. The van der Waals surface area contributed by atoms with E-state index in [-0.39, 0.29) is 11.4 Å². The Kier molecular flexibility index (Phi) is 6.48. The number of aromatic amines is 1. The van der Waals surface area contributed by atoms with Crippen LogP contribution >= 0.6 is 11.6 Å². The van der Waals surface area contributed by atoms with E-state index in [0.717, 1.165) is 11.1 Å². The molecule has 0 saturated heterocycles. The van der Waals surface area contributed by atoms with Crippen molar-refractivity contribution < 1.29 is 14.6 Å². The van der Waals surface area contributed by atoms with Gasteiger partial charge in [-0.15, -0.1) is 0 Å². The third-order valence-electron chi connectivity index (χ3n) is 4.57. The van der Waals surface area contributed by atoms with Crippen molar-refractivity contribution in [2.24, 2.45) is 5.10 Å². The average molecular weight is 447 g/mol. The molecule has 160 valence electrons. The molecule has 0 bridgehead atoms. The molecule has 0 saturated carbocycles. The van der Waals surface area contributed by atoms with E-state index in [9.17, 15) is 9.90 Å². The van der Waals surface area contributed by atoms with Crippen molar-refractivity contribution in [3.63, 3.8) is 0 Å². The fraction of sp³-hybridized carbons (Fsp3) is 0.0417. The number of amides is 1. The highest BCUT2D eigenvalue weighted by Gasteiger charge is 2.11. The molecule has 0 aliphatic rings. The second kappa shape index (κ2) is 9.80. The molecule has 0 aliphatic heterocycles. The van der Waals surface area contributed by atoms with E-state index in [1.165, 1.54) is 12.3 Å². The topological polar surface area (TPSA) is 99.6 Å². The smallest absolute Gasteiger partial charge is 0.289 e. The zero-order valence-electron chi connectivity index (χ0n) is 16.8. The molecule has 32 heavy (non-hydrogen) atoms. The second-order valence-electron chi connectivity index (χ2n) is 6.87. The summed E-state index contributed by atoms with van der Waals surface area (Å²) < 4.78 is 5.79.